The number of likely N-dealkylation sites (tertiary alicyclic amines) is 1. The summed E-state index contributed by atoms with van der Waals surface area (Å²) in [5, 5.41) is 3.29. The number of ether oxygens (including phenoxy) is 3. The van der Waals surface area contributed by atoms with Gasteiger partial charge in [-0.25, -0.2) is 0 Å². The van der Waals surface area contributed by atoms with Crippen molar-refractivity contribution in [1.29, 1.82) is 0 Å². The van der Waals surface area contributed by atoms with Crippen LogP contribution in [0.3, 0.4) is 0 Å². The van der Waals surface area contributed by atoms with Gasteiger partial charge >= 0.3 is 0 Å². The van der Waals surface area contributed by atoms with E-state index < -0.39 is 0 Å². The van der Waals surface area contributed by atoms with Crippen molar-refractivity contribution in [3.8, 4) is 17.2 Å². The summed E-state index contributed by atoms with van der Waals surface area (Å²) in [4.78, 5) is 15.7. The van der Waals surface area contributed by atoms with Gasteiger partial charge in [0.05, 0.1) is 19.3 Å². The number of fused-ring (bicyclic) bond motifs is 1. The first-order valence-electron chi connectivity index (χ1n) is 12.2. The predicted molar refractivity (Wildman–Crippen MR) is 127 cm³/mol. The van der Waals surface area contributed by atoms with E-state index in [4.69, 9.17) is 14.2 Å². The molecule has 2 heterocycles. The van der Waals surface area contributed by atoms with Crippen molar-refractivity contribution in [3.05, 3.63) is 53.6 Å². The van der Waals surface area contributed by atoms with Crippen LogP contribution in [-0.4, -0.2) is 49.8 Å². The third-order valence-electron chi connectivity index (χ3n) is 7.42. The molecule has 6 nitrogen and oxygen atoms in total. The summed E-state index contributed by atoms with van der Waals surface area (Å²) >= 11 is 0. The Kier molecular flexibility index (Phi) is 6.19. The molecule has 1 atom stereocenters. The summed E-state index contributed by atoms with van der Waals surface area (Å²) in [6, 6.07) is 13.5. The van der Waals surface area contributed by atoms with Crippen molar-refractivity contribution in [1.82, 2.24) is 10.2 Å². The number of rotatable bonds is 5. The van der Waals surface area contributed by atoms with Crippen LogP contribution in [0.2, 0.25) is 0 Å². The van der Waals surface area contributed by atoms with Crippen molar-refractivity contribution in [2.24, 2.45) is 0 Å². The van der Waals surface area contributed by atoms with Crippen LogP contribution < -0.4 is 19.5 Å². The Balaban J connectivity index is 1.35. The average molecular weight is 451 g/mol. The molecule has 176 valence electrons. The van der Waals surface area contributed by atoms with E-state index in [0.29, 0.717) is 17.1 Å². The molecule has 1 saturated heterocycles. The Morgan fingerprint density at radius 2 is 1.85 bits per heavy atom. The van der Waals surface area contributed by atoms with Gasteiger partial charge < -0.3 is 24.4 Å². The first-order valence-corrected chi connectivity index (χ1v) is 12.2. The zero-order valence-electron chi connectivity index (χ0n) is 19.6. The molecule has 0 bridgehead atoms. The van der Waals surface area contributed by atoms with Crippen LogP contribution in [0.15, 0.2) is 42.5 Å². The molecule has 2 aromatic rings. The minimum Gasteiger partial charge on any atom is -0.493 e. The fraction of sp³-hybridized carbons (Fsp3) is 0.519. The third-order valence-corrected chi connectivity index (χ3v) is 7.42. The molecule has 1 spiro atoms. The molecule has 3 aliphatic rings. The van der Waals surface area contributed by atoms with Crippen LogP contribution in [0.4, 0.5) is 0 Å². The highest BCUT2D eigenvalue weighted by atomic mass is 16.5. The third kappa shape index (κ3) is 4.67. The van der Waals surface area contributed by atoms with Crippen LogP contribution >= 0.6 is 0 Å². The van der Waals surface area contributed by atoms with E-state index in [9.17, 15) is 4.79 Å². The molecule has 1 amide bonds. The average Bonchev–Trinajstić information content (AvgIpc) is 3.34. The summed E-state index contributed by atoms with van der Waals surface area (Å²) < 4.78 is 18.2. The second kappa shape index (κ2) is 9.26. The minimum atomic E-state index is -0.227. The van der Waals surface area contributed by atoms with Crippen molar-refractivity contribution in [2.45, 2.75) is 62.7 Å². The van der Waals surface area contributed by atoms with E-state index >= 15 is 0 Å². The quantitative estimate of drug-likeness (QED) is 0.713. The molecule has 5 rings (SSSR count). The molecule has 1 unspecified atom stereocenters. The van der Waals surface area contributed by atoms with Gasteiger partial charge in [0.1, 0.15) is 11.4 Å². The molecule has 33 heavy (non-hydrogen) atoms. The summed E-state index contributed by atoms with van der Waals surface area (Å²) in [5.41, 5.74) is 1.39. The zero-order chi connectivity index (χ0) is 22.8. The molecule has 1 saturated carbocycles. The number of nitrogens with one attached hydrogen (secondary N) is 1. The number of carbonyl (C=O) groups excluding carboxylic acids is 1. The lowest BCUT2D eigenvalue weighted by atomic mass is 9.80. The molecule has 0 aromatic heterocycles. The lowest BCUT2D eigenvalue weighted by Crippen LogP contribution is -2.51. The largest absolute Gasteiger partial charge is 0.493 e. The van der Waals surface area contributed by atoms with Gasteiger partial charge in [-0.2, -0.15) is 0 Å². The lowest BCUT2D eigenvalue weighted by molar-refractivity contribution is -0.0195. The molecule has 2 aliphatic heterocycles. The SMILES string of the molecule is COc1cc(C(=O)NC2CC3(CCN(C)CC3)Oc3ccccc32)ccc1OC1CCCC1. The smallest absolute Gasteiger partial charge is 0.251 e. The minimum absolute atomic E-state index is 0.0914. The van der Waals surface area contributed by atoms with Crippen LogP contribution in [-0.2, 0) is 0 Å². The number of hydrogen-bond donors (Lipinski definition) is 1. The van der Waals surface area contributed by atoms with E-state index in [-0.39, 0.29) is 23.7 Å². The monoisotopic (exact) mass is 450 g/mol. The van der Waals surface area contributed by atoms with Gasteiger partial charge in [0.15, 0.2) is 11.5 Å². The highest BCUT2D eigenvalue weighted by Crippen LogP contribution is 2.44. The maximum Gasteiger partial charge on any atom is 0.251 e. The number of carbonyl (C=O) groups is 1. The van der Waals surface area contributed by atoms with Gasteiger partial charge in [-0.05, 0) is 69.8 Å². The molecule has 2 aromatic carbocycles. The highest BCUT2D eigenvalue weighted by Gasteiger charge is 2.43. The Morgan fingerprint density at radius 1 is 1.09 bits per heavy atom. The second-order valence-corrected chi connectivity index (χ2v) is 9.75. The van der Waals surface area contributed by atoms with Crippen molar-refractivity contribution < 1.29 is 19.0 Å². The molecule has 2 fully saturated rings. The molecule has 0 radical (unpaired) electrons. The van der Waals surface area contributed by atoms with Crippen LogP contribution in [0.1, 0.15) is 66.9 Å². The van der Waals surface area contributed by atoms with Crippen LogP contribution in [0, 0.1) is 0 Å². The van der Waals surface area contributed by atoms with Crippen molar-refractivity contribution >= 4 is 5.91 Å². The first kappa shape index (κ1) is 22.1. The number of para-hydroxylation sites is 1. The summed E-state index contributed by atoms with van der Waals surface area (Å²) in [7, 11) is 3.77. The fourth-order valence-electron chi connectivity index (χ4n) is 5.41. The highest BCUT2D eigenvalue weighted by molar-refractivity contribution is 5.95. The Morgan fingerprint density at radius 3 is 2.61 bits per heavy atom. The Hall–Kier alpha value is -2.73. The molecular formula is C27H34N2O4. The van der Waals surface area contributed by atoms with Gasteiger partial charge in [-0.3, -0.25) is 4.79 Å². The van der Waals surface area contributed by atoms with E-state index in [1.807, 2.05) is 30.3 Å². The van der Waals surface area contributed by atoms with Gasteiger partial charge in [0, 0.05) is 30.6 Å². The molecular weight excluding hydrogens is 416 g/mol. The van der Waals surface area contributed by atoms with E-state index in [1.54, 1.807) is 13.2 Å². The van der Waals surface area contributed by atoms with Crippen molar-refractivity contribution in [3.63, 3.8) is 0 Å². The predicted octanol–water partition coefficient (Wildman–Crippen LogP) is 4.73. The Labute approximate surface area is 196 Å². The standard InChI is InChI=1S/C27H34N2O4/c1-29-15-13-27(14-16-29)18-22(21-9-5-6-10-23(21)33-27)28-26(30)19-11-12-24(25(17-19)31-2)32-20-7-3-4-8-20/h5-6,9-12,17,20,22H,3-4,7-8,13-16,18H2,1-2H3,(H,28,30). The Bertz CT molecular complexity index is 993. The summed E-state index contributed by atoms with van der Waals surface area (Å²) in [5.74, 6) is 2.10. The number of nitrogens with zero attached hydrogens (tertiary/aromatic N) is 1. The number of hydrogen-bond acceptors (Lipinski definition) is 5. The fourth-order valence-corrected chi connectivity index (χ4v) is 5.41. The van der Waals surface area contributed by atoms with Gasteiger partial charge in [0.2, 0.25) is 0 Å². The maximum absolute atomic E-state index is 13.3. The van der Waals surface area contributed by atoms with E-state index in [2.05, 4.69) is 23.3 Å². The van der Waals surface area contributed by atoms with Gasteiger partial charge in [-0.15, -0.1) is 0 Å². The van der Waals surface area contributed by atoms with Crippen LogP contribution in [0.25, 0.3) is 0 Å². The van der Waals surface area contributed by atoms with Gasteiger partial charge in [0.25, 0.3) is 5.91 Å². The van der Waals surface area contributed by atoms with Crippen LogP contribution in [0.5, 0.6) is 17.2 Å². The van der Waals surface area contributed by atoms with E-state index in [1.165, 1.54) is 12.8 Å². The summed E-state index contributed by atoms with van der Waals surface area (Å²) in [6.07, 6.45) is 7.51. The molecule has 1 N–H and O–H groups in total. The molecule has 1 aliphatic carbocycles. The normalized spacial score (nSPS) is 22.4. The summed E-state index contributed by atoms with van der Waals surface area (Å²) in [6.45, 7) is 2.00. The second-order valence-electron chi connectivity index (χ2n) is 9.75. The number of piperidine rings is 1. The van der Waals surface area contributed by atoms with Gasteiger partial charge in [-0.1, -0.05) is 18.2 Å². The van der Waals surface area contributed by atoms with Crippen molar-refractivity contribution in [2.75, 3.05) is 27.2 Å². The molecule has 6 heteroatoms. The number of methoxy groups -OCH3 is 1. The number of benzene rings is 2. The zero-order valence-corrected chi connectivity index (χ0v) is 19.6. The topological polar surface area (TPSA) is 60.0 Å². The first-order chi connectivity index (χ1) is 16.0. The maximum atomic E-state index is 13.3. The lowest BCUT2D eigenvalue weighted by Gasteiger charge is -2.46. The van der Waals surface area contributed by atoms with E-state index in [0.717, 1.165) is 56.5 Å². The number of amides is 1.